The summed E-state index contributed by atoms with van der Waals surface area (Å²) in [5, 5.41) is 2.61. The van der Waals surface area contributed by atoms with Crippen molar-refractivity contribution < 1.29 is 0 Å². The van der Waals surface area contributed by atoms with Crippen LogP contribution in [0.5, 0.6) is 0 Å². The van der Waals surface area contributed by atoms with Crippen molar-refractivity contribution in [2.75, 3.05) is 7.05 Å². The van der Waals surface area contributed by atoms with Crippen LogP contribution in [-0.4, -0.2) is 7.05 Å². The van der Waals surface area contributed by atoms with E-state index in [0.29, 0.717) is 5.82 Å². The highest BCUT2D eigenvalue weighted by atomic mass is 14.9. The minimum Gasteiger partial charge on any atom is -0.386 e. The second kappa shape index (κ2) is 7.34. The molecule has 0 aliphatic carbocycles. The molecule has 0 atom stereocenters. The zero-order valence-electron chi connectivity index (χ0n) is 6.86. The third-order valence-corrected chi connectivity index (χ3v) is 0.321. The molecule has 0 saturated heterocycles. The topological polar surface area (TPSA) is 38.0 Å². The van der Waals surface area contributed by atoms with Crippen molar-refractivity contribution >= 4 is 0 Å². The van der Waals surface area contributed by atoms with E-state index in [4.69, 9.17) is 5.73 Å². The first kappa shape index (κ1) is 11.2. The van der Waals surface area contributed by atoms with Crippen LogP contribution in [0.2, 0.25) is 0 Å². The summed E-state index contributed by atoms with van der Waals surface area (Å²) in [6, 6.07) is 0. The van der Waals surface area contributed by atoms with Gasteiger partial charge >= 0.3 is 0 Å². The summed E-state index contributed by atoms with van der Waals surface area (Å²) in [6.45, 7) is 9.84. The van der Waals surface area contributed by atoms with Crippen molar-refractivity contribution in [1.82, 2.24) is 5.32 Å². The van der Waals surface area contributed by atoms with Gasteiger partial charge in [-0.3, -0.25) is 0 Å². The van der Waals surface area contributed by atoms with Crippen molar-refractivity contribution in [1.29, 1.82) is 0 Å². The lowest BCUT2D eigenvalue weighted by Crippen LogP contribution is -2.11. The minimum absolute atomic E-state index is 0.505. The van der Waals surface area contributed by atoms with E-state index in [2.05, 4.69) is 32.7 Å². The van der Waals surface area contributed by atoms with Crippen molar-refractivity contribution in [2.45, 2.75) is 20.8 Å². The van der Waals surface area contributed by atoms with Gasteiger partial charge in [-0.15, -0.1) is 0 Å². The van der Waals surface area contributed by atoms with Gasteiger partial charge in [-0.2, -0.15) is 0 Å². The lowest BCUT2D eigenvalue weighted by molar-refractivity contribution is 0.737. The Morgan fingerprint density at radius 2 is 1.56 bits per heavy atom. The van der Waals surface area contributed by atoms with Gasteiger partial charge in [-0.05, 0) is 5.92 Å². The zero-order valence-corrected chi connectivity index (χ0v) is 6.86. The maximum absolute atomic E-state index is 4.99. The van der Waals surface area contributed by atoms with Gasteiger partial charge in [-0.1, -0.05) is 27.4 Å². The highest BCUT2D eigenvalue weighted by molar-refractivity contribution is 4.78. The summed E-state index contributed by atoms with van der Waals surface area (Å²) in [7, 11) is 1.72. The third-order valence-electron chi connectivity index (χ3n) is 0.321. The Labute approximate surface area is 58.1 Å². The van der Waals surface area contributed by atoms with Gasteiger partial charge in [0.25, 0.3) is 0 Å². The zero-order chi connectivity index (χ0) is 7.86. The molecule has 0 fully saturated rings. The fourth-order valence-electron chi connectivity index (χ4n) is 0. The highest BCUT2D eigenvalue weighted by Gasteiger charge is 1.68. The van der Waals surface area contributed by atoms with Gasteiger partial charge in [0.1, 0.15) is 0 Å². The fourth-order valence-corrected chi connectivity index (χ4v) is 0. The molecule has 0 unspecified atom stereocenters. The molecule has 9 heavy (non-hydrogen) atoms. The molecule has 0 radical (unpaired) electrons. The summed E-state index contributed by atoms with van der Waals surface area (Å²) in [4.78, 5) is 0. The Bertz CT molecular complexity index is 64.6. The Morgan fingerprint density at radius 3 is 1.56 bits per heavy atom. The third kappa shape index (κ3) is 117. The van der Waals surface area contributed by atoms with Crippen LogP contribution in [0, 0.1) is 5.92 Å². The molecule has 2 heteroatoms. The van der Waals surface area contributed by atoms with E-state index in [1.54, 1.807) is 7.05 Å². The molecule has 56 valence electrons. The van der Waals surface area contributed by atoms with Crippen molar-refractivity contribution in [3.8, 4) is 0 Å². The van der Waals surface area contributed by atoms with E-state index in [0.717, 1.165) is 5.92 Å². The molecule has 0 saturated carbocycles. The lowest BCUT2D eigenvalue weighted by atomic mass is 10.3. The Kier molecular flexibility index (Phi) is 9.12. The number of rotatable bonds is 1. The molecule has 2 nitrogen and oxygen atoms in total. The maximum Gasteiger partial charge on any atom is 0.0883 e. The minimum atomic E-state index is 0.505. The van der Waals surface area contributed by atoms with E-state index in [-0.39, 0.29) is 0 Å². The summed E-state index contributed by atoms with van der Waals surface area (Å²) in [6.07, 6.45) is 0. The van der Waals surface area contributed by atoms with Gasteiger partial charge in [0.05, 0.1) is 5.82 Å². The predicted octanol–water partition coefficient (Wildman–Crippen LogP) is 1.30. The van der Waals surface area contributed by atoms with Crippen molar-refractivity contribution in [3.05, 3.63) is 12.4 Å². The van der Waals surface area contributed by atoms with E-state index in [9.17, 15) is 0 Å². The van der Waals surface area contributed by atoms with E-state index < -0.39 is 0 Å². The Hall–Kier alpha value is -0.660. The molecule has 0 rings (SSSR count). The quantitative estimate of drug-likeness (QED) is 0.561. The Morgan fingerprint density at radius 1 is 1.44 bits per heavy atom. The molecule has 0 aromatic heterocycles. The van der Waals surface area contributed by atoms with Crippen LogP contribution in [0.1, 0.15) is 20.8 Å². The van der Waals surface area contributed by atoms with Crippen LogP contribution >= 0.6 is 0 Å². The predicted molar refractivity (Wildman–Crippen MR) is 42.9 cm³/mol. The van der Waals surface area contributed by atoms with E-state index in [1.807, 2.05) is 0 Å². The van der Waals surface area contributed by atoms with Gasteiger partial charge in [0.15, 0.2) is 0 Å². The molecule has 0 aromatic rings. The first-order chi connectivity index (χ1) is 4.00. The number of nitrogens with one attached hydrogen (secondary N) is 1. The molecule has 0 heterocycles. The number of hydrogen-bond acceptors (Lipinski definition) is 2. The van der Waals surface area contributed by atoms with Crippen molar-refractivity contribution in [2.24, 2.45) is 11.7 Å². The number of nitrogens with two attached hydrogens (primary N) is 1. The fraction of sp³-hybridized carbons (Fsp3) is 0.714. The van der Waals surface area contributed by atoms with Crippen LogP contribution in [0.15, 0.2) is 12.4 Å². The average Bonchev–Trinajstić information content (AvgIpc) is 1.65. The Balaban J connectivity index is 0. The second-order valence-electron chi connectivity index (χ2n) is 2.51. The molecule has 0 spiro atoms. The van der Waals surface area contributed by atoms with Crippen LogP contribution in [0.25, 0.3) is 0 Å². The molecule has 3 N–H and O–H groups in total. The molecule has 0 aliphatic heterocycles. The average molecular weight is 130 g/mol. The van der Waals surface area contributed by atoms with E-state index >= 15 is 0 Å². The largest absolute Gasteiger partial charge is 0.386 e. The maximum atomic E-state index is 4.99. The smallest absolute Gasteiger partial charge is 0.0883 e. The molecular formula is C7H18N2. The monoisotopic (exact) mass is 130 g/mol. The summed E-state index contributed by atoms with van der Waals surface area (Å²) < 4.78 is 0. The van der Waals surface area contributed by atoms with Crippen LogP contribution < -0.4 is 11.1 Å². The van der Waals surface area contributed by atoms with Gasteiger partial charge < -0.3 is 11.1 Å². The molecule has 0 amide bonds. The SMILES string of the molecule is C=C(N)NC.CC(C)C. The molecule has 0 aliphatic rings. The normalized spacial score (nSPS) is 7.67. The van der Waals surface area contributed by atoms with Gasteiger partial charge in [0.2, 0.25) is 0 Å². The lowest BCUT2D eigenvalue weighted by Gasteiger charge is -1.88. The summed E-state index contributed by atoms with van der Waals surface area (Å²) in [5.74, 6) is 1.34. The van der Waals surface area contributed by atoms with Crippen LogP contribution in [-0.2, 0) is 0 Å². The summed E-state index contributed by atoms with van der Waals surface area (Å²) >= 11 is 0. The second-order valence-corrected chi connectivity index (χ2v) is 2.51. The van der Waals surface area contributed by atoms with Crippen LogP contribution in [0.4, 0.5) is 0 Å². The summed E-state index contributed by atoms with van der Waals surface area (Å²) in [5.41, 5.74) is 4.99. The molecular weight excluding hydrogens is 112 g/mol. The van der Waals surface area contributed by atoms with Gasteiger partial charge in [0, 0.05) is 7.05 Å². The molecule has 0 bridgehead atoms. The van der Waals surface area contributed by atoms with Gasteiger partial charge in [-0.25, -0.2) is 0 Å². The number of hydrogen-bond donors (Lipinski definition) is 2. The van der Waals surface area contributed by atoms with E-state index in [1.165, 1.54) is 0 Å². The highest BCUT2D eigenvalue weighted by Crippen LogP contribution is 1.81. The standard InChI is InChI=1S/C4H10.C3H8N2/c1-4(2)3;1-3(4)5-2/h4H,1-3H3;5H,1,4H2,2H3. The first-order valence-corrected chi connectivity index (χ1v) is 3.12. The van der Waals surface area contributed by atoms with Crippen LogP contribution in [0.3, 0.4) is 0 Å². The van der Waals surface area contributed by atoms with Crippen molar-refractivity contribution in [3.63, 3.8) is 0 Å². The molecule has 0 aromatic carbocycles. The first-order valence-electron chi connectivity index (χ1n) is 3.12.